The minimum absolute atomic E-state index is 0.0699. The molecule has 1 unspecified atom stereocenters. The Morgan fingerprint density at radius 3 is 2.52 bits per heavy atom. The Hall–Kier alpha value is -1.69. The Kier molecular flexibility index (Phi) is 5.12. The van der Waals surface area contributed by atoms with Gasteiger partial charge in [0.15, 0.2) is 0 Å². The summed E-state index contributed by atoms with van der Waals surface area (Å²) in [7, 11) is 0. The van der Waals surface area contributed by atoms with Gasteiger partial charge in [0.1, 0.15) is 11.6 Å². The van der Waals surface area contributed by atoms with Crippen LogP contribution in [-0.2, 0) is 0 Å². The van der Waals surface area contributed by atoms with Crippen molar-refractivity contribution in [3.8, 4) is 5.75 Å². The fourth-order valence-corrected chi connectivity index (χ4v) is 2.28. The molecule has 0 heterocycles. The van der Waals surface area contributed by atoms with Gasteiger partial charge in [0, 0.05) is 6.04 Å². The molecule has 0 saturated carbocycles. The molecule has 2 nitrogen and oxygen atoms in total. The maximum absolute atomic E-state index is 13.2. The van der Waals surface area contributed by atoms with E-state index < -0.39 is 6.61 Å². The van der Waals surface area contributed by atoms with E-state index in [1.54, 1.807) is 30.3 Å². The highest BCUT2D eigenvalue weighted by molar-refractivity contribution is 9.10. The Balaban J connectivity index is 2.19. The Morgan fingerprint density at radius 1 is 1.14 bits per heavy atom. The van der Waals surface area contributed by atoms with Gasteiger partial charge in [-0.3, -0.25) is 0 Å². The minimum Gasteiger partial charge on any atom is -0.433 e. The van der Waals surface area contributed by atoms with Crippen molar-refractivity contribution in [1.82, 2.24) is 0 Å². The van der Waals surface area contributed by atoms with Crippen molar-refractivity contribution >= 4 is 21.6 Å². The Morgan fingerprint density at radius 2 is 1.86 bits per heavy atom. The van der Waals surface area contributed by atoms with E-state index in [1.165, 1.54) is 12.1 Å². The van der Waals surface area contributed by atoms with Gasteiger partial charge in [-0.25, -0.2) is 4.39 Å². The average Bonchev–Trinajstić information content (AvgIpc) is 2.43. The lowest BCUT2D eigenvalue weighted by molar-refractivity contribution is -0.0493. The summed E-state index contributed by atoms with van der Waals surface area (Å²) in [5.74, 6) is -0.284. The maximum atomic E-state index is 13.2. The van der Waals surface area contributed by atoms with Crippen molar-refractivity contribution in [2.45, 2.75) is 19.6 Å². The van der Waals surface area contributed by atoms with Crippen molar-refractivity contribution in [1.29, 1.82) is 0 Å². The first-order valence-electron chi connectivity index (χ1n) is 6.22. The van der Waals surface area contributed by atoms with Crippen LogP contribution in [0.5, 0.6) is 5.75 Å². The van der Waals surface area contributed by atoms with Crippen molar-refractivity contribution in [3.63, 3.8) is 0 Å². The summed E-state index contributed by atoms with van der Waals surface area (Å²) in [5.41, 5.74) is 1.26. The van der Waals surface area contributed by atoms with E-state index in [9.17, 15) is 13.2 Å². The summed E-state index contributed by atoms with van der Waals surface area (Å²) in [6.07, 6.45) is 0. The predicted molar refractivity (Wildman–Crippen MR) is 79.2 cm³/mol. The molecule has 0 aliphatic rings. The molecule has 2 aromatic carbocycles. The van der Waals surface area contributed by atoms with Crippen LogP contribution in [0, 0.1) is 5.82 Å². The lowest BCUT2D eigenvalue weighted by Gasteiger charge is -2.18. The Bertz CT molecular complexity index is 622. The molecule has 21 heavy (non-hydrogen) atoms. The van der Waals surface area contributed by atoms with Crippen LogP contribution in [0.25, 0.3) is 0 Å². The fraction of sp³-hybridized carbons (Fsp3) is 0.200. The molecule has 0 fully saturated rings. The van der Waals surface area contributed by atoms with Crippen LogP contribution in [0.3, 0.4) is 0 Å². The summed E-state index contributed by atoms with van der Waals surface area (Å²) in [6.45, 7) is -1.04. The number of para-hydroxylation sites is 2. The van der Waals surface area contributed by atoms with Crippen molar-refractivity contribution < 1.29 is 17.9 Å². The number of ether oxygens (including phenoxy) is 1. The summed E-state index contributed by atoms with van der Waals surface area (Å²) in [6, 6.07) is 10.9. The highest BCUT2D eigenvalue weighted by Gasteiger charge is 2.13. The van der Waals surface area contributed by atoms with Crippen LogP contribution >= 0.6 is 15.9 Å². The summed E-state index contributed by atoms with van der Waals surface area (Å²) in [5, 5.41) is 3.08. The van der Waals surface area contributed by atoms with Crippen LogP contribution in [0.1, 0.15) is 18.5 Å². The molecule has 0 spiro atoms. The highest BCUT2D eigenvalue weighted by Crippen LogP contribution is 2.30. The largest absolute Gasteiger partial charge is 0.433 e. The molecular formula is C15H13BrF3NO. The van der Waals surface area contributed by atoms with Crippen LogP contribution in [0.2, 0.25) is 0 Å². The molecule has 0 bridgehead atoms. The standard InChI is InChI=1S/C15H13BrF3NO/c1-9(10-6-7-12(17)11(16)8-10)20-13-4-2-3-5-14(13)21-15(18)19/h2-9,15,20H,1H3. The highest BCUT2D eigenvalue weighted by atomic mass is 79.9. The molecular weight excluding hydrogens is 347 g/mol. The zero-order valence-electron chi connectivity index (χ0n) is 11.1. The smallest absolute Gasteiger partial charge is 0.387 e. The molecule has 2 aromatic rings. The predicted octanol–water partition coefficient (Wildman–Crippen LogP) is 5.36. The van der Waals surface area contributed by atoms with Gasteiger partial charge in [-0.2, -0.15) is 8.78 Å². The molecule has 0 saturated heterocycles. The van der Waals surface area contributed by atoms with Crippen LogP contribution in [0.4, 0.5) is 18.9 Å². The van der Waals surface area contributed by atoms with Gasteiger partial charge in [0.2, 0.25) is 0 Å². The van der Waals surface area contributed by atoms with Gasteiger partial charge in [0.05, 0.1) is 10.2 Å². The zero-order valence-corrected chi connectivity index (χ0v) is 12.7. The average molecular weight is 360 g/mol. The number of anilines is 1. The first-order chi connectivity index (χ1) is 9.97. The molecule has 0 aliphatic carbocycles. The first-order valence-corrected chi connectivity index (χ1v) is 7.02. The van der Waals surface area contributed by atoms with Gasteiger partial charge in [-0.15, -0.1) is 0 Å². The summed E-state index contributed by atoms with van der Waals surface area (Å²) < 4.78 is 42.8. The first kappa shape index (κ1) is 15.7. The number of rotatable bonds is 5. The normalized spacial score (nSPS) is 12.3. The number of hydrogen-bond donors (Lipinski definition) is 1. The molecule has 6 heteroatoms. The molecule has 0 amide bonds. The molecule has 1 N–H and O–H groups in total. The molecule has 0 radical (unpaired) electrons. The Labute approximate surface area is 129 Å². The number of halogens is 4. The monoisotopic (exact) mass is 359 g/mol. The van der Waals surface area contributed by atoms with E-state index in [0.29, 0.717) is 10.2 Å². The zero-order chi connectivity index (χ0) is 15.4. The van der Waals surface area contributed by atoms with Crippen molar-refractivity contribution in [3.05, 3.63) is 58.3 Å². The molecule has 2 rings (SSSR count). The quantitative estimate of drug-likeness (QED) is 0.775. The third-order valence-corrected chi connectivity index (χ3v) is 3.53. The number of nitrogens with one attached hydrogen (secondary N) is 1. The van der Waals surface area contributed by atoms with E-state index in [2.05, 4.69) is 26.0 Å². The minimum atomic E-state index is -2.89. The van der Waals surface area contributed by atoms with Crippen LogP contribution in [0.15, 0.2) is 46.9 Å². The third-order valence-electron chi connectivity index (χ3n) is 2.92. The molecule has 112 valence electrons. The second-order valence-electron chi connectivity index (χ2n) is 4.41. The summed E-state index contributed by atoms with van der Waals surface area (Å²) >= 11 is 3.12. The number of alkyl halides is 2. The van der Waals surface area contributed by atoms with E-state index in [0.717, 1.165) is 5.56 Å². The topological polar surface area (TPSA) is 21.3 Å². The van der Waals surface area contributed by atoms with Gasteiger partial charge in [-0.05, 0) is 52.7 Å². The van der Waals surface area contributed by atoms with Gasteiger partial charge >= 0.3 is 6.61 Å². The maximum Gasteiger partial charge on any atom is 0.387 e. The lowest BCUT2D eigenvalue weighted by Crippen LogP contribution is -2.10. The van der Waals surface area contributed by atoms with Gasteiger partial charge < -0.3 is 10.1 Å². The second kappa shape index (κ2) is 6.85. The molecule has 0 aliphatic heterocycles. The van der Waals surface area contributed by atoms with Crippen molar-refractivity contribution in [2.24, 2.45) is 0 Å². The number of hydrogen-bond acceptors (Lipinski definition) is 2. The third kappa shape index (κ3) is 4.14. The molecule has 1 atom stereocenters. The lowest BCUT2D eigenvalue weighted by atomic mass is 10.1. The summed E-state index contributed by atoms with van der Waals surface area (Å²) in [4.78, 5) is 0. The van der Waals surface area contributed by atoms with E-state index in [-0.39, 0.29) is 17.6 Å². The van der Waals surface area contributed by atoms with E-state index in [1.807, 2.05) is 6.92 Å². The van der Waals surface area contributed by atoms with Crippen molar-refractivity contribution in [2.75, 3.05) is 5.32 Å². The van der Waals surface area contributed by atoms with Gasteiger partial charge in [0.25, 0.3) is 0 Å². The SMILES string of the molecule is CC(Nc1ccccc1OC(F)F)c1ccc(F)c(Br)c1. The van der Waals surface area contributed by atoms with Crippen LogP contribution in [-0.4, -0.2) is 6.61 Å². The molecule has 0 aromatic heterocycles. The fourth-order valence-electron chi connectivity index (χ4n) is 1.88. The van der Waals surface area contributed by atoms with Gasteiger partial charge in [-0.1, -0.05) is 18.2 Å². The van der Waals surface area contributed by atoms with E-state index in [4.69, 9.17) is 0 Å². The van der Waals surface area contributed by atoms with E-state index >= 15 is 0 Å². The number of benzene rings is 2. The second-order valence-corrected chi connectivity index (χ2v) is 5.27. The van der Waals surface area contributed by atoms with Crippen LogP contribution < -0.4 is 10.1 Å².